The average molecular weight is 305 g/mol. The maximum atomic E-state index is 12.0. The number of amides is 3. The molecule has 0 heterocycles. The molecule has 5 N–H and O–H groups in total. The summed E-state index contributed by atoms with van der Waals surface area (Å²) in [5.41, 5.74) is 4.01. The summed E-state index contributed by atoms with van der Waals surface area (Å²) in [6, 6.07) is -1.52. The largest absolute Gasteiger partial charge is 0.481 e. The van der Waals surface area contributed by atoms with Crippen molar-refractivity contribution in [2.45, 2.75) is 32.7 Å². The lowest BCUT2D eigenvalue weighted by atomic mass is 9.87. The number of thioether (sulfide) groups is 1. The second-order valence-corrected chi connectivity index (χ2v) is 5.77. The second-order valence-electron chi connectivity index (χ2n) is 4.78. The van der Waals surface area contributed by atoms with E-state index in [0.29, 0.717) is 18.6 Å². The van der Waals surface area contributed by atoms with E-state index in [2.05, 4.69) is 10.6 Å². The van der Waals surface area contributed by atoms with Crippen LogP contribution in [0.4, 0.5) is 4.79 Å². The molecule has 7 nitrogen and oxygen atoms in total. The van der Waals surface area contributed by atoms with Gasteiger partial charge < -0.3 is 21.5 Å². The van der Waals surface area contributed by atoms with Crippen molar-refractivity contribution in [1.82, 2.24) is 10.6 Å². The third-order valence-electron chi connectivity index (χ3n) is 3.19. The highest BCUT2D eigenvalue weighted by atomic mass is 32.2. The van der Waals surface area contributed by atoms with Crippen LogP contribution in [0.2, 0.25) is 0 Å². The number of nitrogens with one attached hydrogen (secondary N) is 2. The summed E-state index contributed by atoms with van der Waals surface area (Å²) in [6.07, 6.45) is 2.71. The minimum atomic E-state index is -1.02. The summed E-state index contributed by atoms with van der Waals surface area (Å²) >= 11 is 1.54. The van der Waals surface area contributed by atoms with Crippen LogP contribution in [0.5, 0.6) is 0 Å². The number of carbonyl (C=O) groups excluding carboxylic acids is 2. The fraction of sp³-hybridized carbons (Fsp3) is 0.750. The lowest BCUT2D eigenvalue weighted by Gasteiger charge is -2.25. The highest BCUT2D eigenvalue weighted by molar-refractivity contribution is 7.98. The van der Waals surface area contributed by atoms with E-state index in [0.717, 1.165) is 0 Å². The summed E-state index contributed by atoms with van der Waals surface area (Å²) in [7, 11) is 0. The summed E-state index contributed by atoms with van der Waals surface area (Å²) in [6.45, 7) is 3.31. The number of rotatable bonds is 9. The maximum absolute atomic E-state index is 12.0. The topological polar surface area (TPSA) is 122 Å². The van der Waals surface area contributed by atoms with Gasteiger partial charge in [-0.2, -0.15) is 11.8 Å². The third-order valence-corrected chi connectivity index (χ3v) is 3.84. The molecule has 0 bridgehead atoms. The Hall–Kier alpha value is -1.44. The predicted octanol–water partition coefficient (Wildman–Crippen LogP) is 0.394. The molecule has 0 saturated carbocycles. The van der Waals surface area contributed by atoms with E-state index in [1.54, 1.807) is 25.6 Å². The molecule has 0 aromatic rings. The van der Waals surface area contributed by atoms with Crippen molar-refractivity contribution in [3.8, 4) is 0 Å². The van der Waals surface area contributed by atoms with Gasteiger partial charge in [0, 0.05) is 6.54 Å². The Balaban J connectivity index is 4.59. The van der Waals surface area contributed by atoms with Crippen LogP contribution in [-0.4, -0.2) is 47.6 Å². The fourth-order valence-electron chi connectivity index (χ4n) is 1.43. The Morgan fingerprint density at radius 3 is 2.40 bits per heavy atom. The summed E-state index contributed by atoms with van der Waals surface area (Å²) in [5.74, 6) is -0.704. The minimum absolute atomic E-state index is 0.00781. The van der Waals surface area contributed by atoms with Gasteiger partial charge in [0.25, 0.3) is 0 Å². The smallest absolute Gasteiger partial charge is 0.312 e. The molecule has 0 aliphatic carbocycles. The van der Waals surface area contributed by atoms with Gasteiger partial charge in [-0.05, 0) is 31.8 Å². The standard InChI is InChI=1S/C12H23N3O4S/c1-4-12(2,10(17)18)7-14-9(16)8(5-6-20-3)15-11(13)19/h8H,4-7H2,1-3H3,(H,14,16)(H,17,18)(H3,13,15,19). The van der Waals surface area contributed by atoms with Gasteiger partial charge in [-0.15, -0.1) is 0 Å². The monoisotopic (exact) mass is 305 g/mol. The molecule has 8 heteroatoms. The number of urea groups is 1. The molecule has 3 amide bonds. The van der Waals surface area contributed by atoms with Crippen molar-refractivity contribution in [3.05, 3.63) is 0 Å². The first kappa shape index (κ1) is 18.6. The number of carboxylic acids is 1. The van der Waals surface area contributed by atoms with Crippen LogP contribution >= 0.6 is 11.8 Å². The Kier molecular flexibility index (Phi) is 8.05. The molecular formula is C12H23N3O4S. The van der Waals surface area contributed by atoms with E-state index >= 15 is 0 Å². The molecule has 0 rings (SSSR count). The van der Waals surface area contributed by atoms with Gasteiger partial charge in [-0.3, -0.25) is 9.59 Å². The van der Waals surface area contributed by atoms with Crippen LogP contribution in [0.15, 0.2) is 0 Å². The highest BCUT2D eigenvalue weighted by Crippen LogP contribution is 2.19. The summed E-state index contributed by atoms with van der Waals surface area (Å²) < 4.78 is 0. The first-order valence-corrected chi connectivity index (χ1v) is 7.72. The fourth-order valence-corrected chi connectivity index (χ4v) is 1.90. The van der Waals surface area contributed by atoms with E-state index in [1.165, 1.54) is 0 Å². The molecule has 20 heavy (non-hydrogen) atoms. The molecule has 0 fully saturated rings. The van der Waals surface area contributed by atoms with Crippen LogP contribution in [0.3, 0.4) is 0 Å². The van der Waals surface area contributed by atoms with Crippen molar-refractivity contribution >= 4 is 29.7 Å². The molecular weight excluding hydrogens is 282 g/mol. The number of hydrogen-bond donors (Lipinski definition) is 4. The minimum Gasteiger partial charge on any atom is -0.481 e. The Labute approximate surface area is 123 Å². The first-order valence-electron chi connectivity index (χ1n) is 6.32. The molecule has 0 aromatic heterocycles. The Morgan fingerprint density at radius 1 is 1.40 bits per heavy atom. The van der Waals surface area contributed by atoms with E-state index in [-0.39, 0.29) is 6.54 Å². The summed E-state index contributed by atoms with van der Waals surface area (Å²) in [4.78, 5) is 34.0. The van der Waals surface area contributed by atoms with E-state index in [1.807, 2.05) is 6.26 Å². The van der Waals surface area contributed by atoms with Gasteiger partial charge in [0.05, 0.1) is 5.41 Å². The maximum Gasteiger partial charge on any atom is 0.312 e. The van der Waals surface area contributed by atoms with Gasteiger partial charge in [-0.25, -0.2) is 4.79 Å². The van der Waals surface area contributed by atoms with E-state index in [9.17, 15) is 14.4 Å². The van der Waals surface area contributed by atoms with Crippen LogP contribution in [-0.2, 0) is 9.59 Å². The average Bonchev–Trinajstić information content (AvgIpc) is 2.39. The van der Waals surface area contributed by atoms with Gasteiger partial charge in [0.1, 0.15) is 6.04 Å². The zero-order valence-corrected chi connectivity index (χ0v) is 12.9. The SMILES string of the molecule is CCC(C)(CNC(=O)C(CCSC)NC(N)=O)C(=O)O. The molecule has 0 spiro atoms. The number of carboxylic acid groups (broad SMARTS) is 1. The van der Waals surface area contributed by atoms with Crippen molar-refractivity contribution in [3.63, 3.8) is 0 Å². The van der Waals surface area contributed by atoms with Crippen LogP contribution < -0.4 is 16.4 Å². The van der Waals surface area contributed by atoms with Crippen molar-refractivity contribution in [2.24, 2.45) is 11.1 Å². The van der Waals surface area contributed by atoms with Crippen LogP contribution in [0.1, 0.15) is 26.7 Å². The van der Waals surface area contributed by atoms with Crippen molar-refractivity contribution in [1.29, 1.82) is 0 Å². The molecule has 2 unspecified atom stereocenters. The first-order chi connectivity index (χ1) is 9.26. The quantitative estimate of drug-likeness (QED) is 0.491. The zero-order chi connectivity index (χ0) is 15.8. The van der Waals surface area contributed by atoms with Crippen molar-refractivity contribution < 1.29 is 19.5 Å². The van der Waals surface area contributed by atoms with Crippen LogP contribution in [0.25, 0.3) is 0 Å². The number of hydrogen-bond acceptors (Lipinski definition) is 4. The van der Waals surface area contributed by atoms with E-state index < -0.39 is 29.4 Å². The number of carbonyl (C=O) groups is 3. The molecule has 0 radical (unpaired) electrons. The van der Waals surface area contributed by atoms with Crippen molar-refractivity contribution in [2.75, 3.05) is 18.6 Å². The van der Waals surface area contributed by atoms with Gasteiger partial charge in [0.15, 0.2) is 0 Å². The van der Waals surface area contributed by atoms with Gasteiger partial charge in [-0.1, -0.05) is 6.92 Å². The second kappa shape index (κ2) is 8.68. The molecule has 116 valence electrons. The zero-order valence-electron chi connectivity index (χ0n) is 12.1. The number of nitrogens with two attached hydrogens (primary N) is 1. The number of primary amides is 1. The molecule has 0 aliphatic heterocycles. The lowest BCUT2D eigenvalue weighted by molar-refractivity contribution is -0.148. The summed E-state index contributed by atoms with van der Waals surface area (Å²) in [5, 5.41) is 14.1. The predicted molar refractivity (Wildman–Crippen MR) is 78.5 cm³/mol. The normalized spacial score (nSPS) is 14.9. The van der Waals surface area contributed by atoms with Gasteiger partial charge in [0.2, 0.25) is 5.91 Å². The lowest BCUT2D eigenvalue weighted by Crippen LogP contribution is -2.51. The number of aliphatic carboxylic acids is 1. The molecule has 2 atom stereocenters. The highest BCUT2D eigenvalue weighted by Gasteiger charge is 2.32. The van der Waals surface area contributed by atoms with Gasteiger partial charge >= 0.3 is 12.0 Å². The molecule has 0 aromatic carbocycles. The molecule has 0 aliphatic rings. The Morgan fingerprint density at radius 2 is 2.00 bits per heavy atom. The van der Waals surface area contributed by atoms with E-state index in [4.69, 9.17) is 10.8 Å². The Bertz CT molecular complexity index is 365. The van der Waals surface area contributed by atoms with Crippen LogP contribution in [0, 0.1) is 5.41 Å². The third kappa shape index (κ3) is 6.14. The molecule has 0 saturated heterocycles.